The molecule has 1 fully saturated rings. The molecule has 1 aromatic carbocycles. The van der Waals surface area contributed by atoms with Gasteiger partial charge < -0.3 is 15.1 Å². The molecule has 10 heteroatoms. The topological polar surface area (TPSA) is 77.2 Å². The molecule has 0 radical (unpaired) electrons. The summed E-state index contributed by atoms with van der Waals surface area (Å²) in [6.45, 7) is 1.58. The number of aromatic amines is 1. The zero-order valence-electron chi connectivity index (χ0n) is 14.7. The number of piperazine rings is 1. The zero-order chi connectivity index (χ0) is 19.7. The molecule has 4 rings (SSSR count). The fourth-order valence-electron chi connectivity index (χ4n) is 3.13. The van der Waals surface area contributed by atoms with Crippen molar-refractivity contribution < 1.29 is 18.0 Å². The second-order valence-corrected chi connectivity index (χ2v) is 6.48. The van der Waals surface area contributed by atoms with Gasteiger partial charge in [0.1, 0.15) is 5.82 Å². The summed E-state index contributed by atoms with van der Waals surface area (Å²) in [7, 11) is 0. The average Bonchev–Trinajstić information content (AvgIpc) is 3.15. The van der Waals surface area contributed by atoms with Crippen molar-refractivity contribution in [3.8, 4) is 0 Å². The number of anilines is 2. The Morgan fingerprint density at radius 2 is 1.89 bits per heavy atom. The fraction of sp³-hybridized carbons (Fsp3) is 0.278. The maximum atomic E-state index is 12.9. The molecule has 0 unspecified atom stereocenters. The maximum Gasteiger partial charge on any atom is 0.416 e. The molecule has 3 aromatic rings. The number of carbonyl (C=O) groups excluding carboxylic acids is 1. The Balaban J connectivity index is 1.37. The first-order valence-corrected chi connectivity index (χ1v) is 8.67. The molecule has 28 heavy (non-hydrogen) atoms. The van der Waals surface area contributed by atoms with Gasteiger partial charge >= 0.3 is 12.2 Å². The highest BCUT2D eigenvalue weighted by molar-refractivity contribution is 5.92. The Labute approximate surface area is 158 Å². The van der Waals surface area contributed by atoms with Gasteiger partial charge in [-0.05, 0) is 30.3 Å². The van der Waals surface area contributed by atoms with Crippen LogP contribution in [0, 0.1) is 0 Å². The number of fused-ring (bicyclic) bond motifs is 1. The number of benzene rings is 1. The third-order valence-corrected chi connectivity index (χ3v) is 4.66. The number of hydrogen-bond donors (Lipinski definition) is 2. The van der Waals surface area contributed by atoms with E-state index in [1.165, 1.54) is 0 Å². The lowest BCUT2D eigenvalue weighted by atomic mass is 10.2. The Kier molecular flexibility index (Phi) is 4.54. The van der Waals surface area contributed by atoms with E-state index in [1.54, 1.807) is 22.1 Å². The second-order valence-electron chi connectivity index (χ2n) is 6.48. The minimum Gasteiger partial charge on any atom is -0.353 e. The highest BCUT2D eigenvalue weighted by Crippen LogP contribution is 2.31. The van der Waals surface area contributed by atoms with Crippen LogP contribution < -0.4 is 10.2 Å². The molecule has 0 aliphatic carbocycles. The number of halogens is 3. The summed E-state index contributed by atoms with van der Waals surface area (Å²) in [4.78, 5) is 19.9. The number of nitrogens with zero attached hydrogens (tertiary/aromatic N) is 4. The number of amides is 2. The van der Waals surface area contributed by atoms with Gasteiger partial charge in [0, 0.05) is 43.4 Å². The number of H-pyrrole nitrogens is 1. The number of rotatable bonds is 2. The van der Waals surface area contributed by atoms with E-state index in [9.17, 15) is 18.0 Å². The first-order chi connectivity index (χ1) is 13.4. The van der Waals surface area contributed by atoms with Crippen molar-refractivity contribution >= 4 is 28.4 Å². The quantitative estimate of drug-likeness (QED) is 0.704. The molecule has 0 atom stereocenters. The minimum absolute atomic E-state index is 0.250. The van der Waals surface area contributed by atoms with Crippen LogP contribution in [0.25, 0.3) is 10.9 Å². The van der Waals surface area contributed by atoms with E-state index in [2.05, 4.69) is 20.5 Å². The lowest BCUT2D eigenvalue weighted by Crippen LogP contribution is -2.50. The molecule has 0 bridgehead atoms. The number of nitrogens with one attached hydrogen (secondary N) is 2. The van der Waals surface area contributed by atoms with E-state index in [0.29, 0.717) is 31.9 Å². The summed E-state index contributed by atoms with van der Waals surface area (Å²) >= 11 is 0. The molecule has 0 saturated carbocycles. The molecule has 3 heterocycles. The third kappa shape index (κ3) is 3.71. The Bertz CT molecular complexity index is 994. The lowest BCUT2D eigenvalue weighted by Gasteiger charge is -2.35. The highest BCUT2D eigenvalue weighted by atomic mass is 19.4. The summed E-state index contributed by atoms with van der Waals surface area (Å²) in [5.41, 5.74) is 0.799. The van der Waals surface area contributed by atoms with Crippen molar-refractivity contribution in [2.45, 2.75) is 6.18 Å². The Hall–Kier alpha value is -3.30. The number of urea groups is 1. The maximum absolute atomic E-state index is 12.9. The van der Waals surface area contributed by atoms with Gasteiger partial charge in [0.15, 0.2) is 0 Å². The molecule has 1 aliphatic heterocycles. The SMILES string of the molecule is O=C(Nc1ccc2[nH]ncc2c1)N1CCN(c2cc(C(F)(F)F)ccn2)CC1. The van der Waals surface area contributed by atoms with Crippen molar-refractivity contribution in [1.29, 1.82) is 0 Å². The normalized spacial score (nSPS) is 15.1. The Morgan fingerprint density at radius 3 is 2.64 bits per heavy atom. The van der Waals surface area contributed by atoms with E-state index >= 15 is 0 Å². The van der Waals surface area contributed by atoms with E-state index in [4.69, 9.17) is 0 Å². The zero-order valence-corrected chi connectivity index (χ0v) is 14.7. The number of aromatic nitrogens is 3. The molecule has 146 valence electrons. The van der Waals surface area contributed by atoms with Gasteiger partial charge in [-0.3, -0.25) is 5.10 Å². The van der Waals surface area contributed by atoms with Gasteiger partial charge in [-0.2, -0.15) is 18.3 Å². The molecular formula is C18H17F3N6O. The van der Waals surface area contributed by atoms with Gasteiger partial charge in [-0.1, -0.05) is 0 Å². The molecule has 1 saturated heterocycles. The highest BCUT2D eigenvalue weighted by Gasteiger charge is 2.31. The number of pyridine rings is 1. The molecule has 2 N–H and O–H groups in total. The van der Waals surface area contributed by atoms with Gasteiger partial charge in [0.05, 0.1) is 17.3 Å². The van der Waals surface area contributed by atoms with E-state index in [-0.39, 0.29) is 11.8 Å². The number of alkyl halides is 3. The molecule has 2 aromatic heterocycles. The molecular weight excluding hydrogens is 373 g/mol. The second kappa shape index (κ2) is 7.02. The first-order valence-electron chi connectivity index (χ1n) is 8.67. The lowest BCUT2D eigenvalue weighted by molar-refractivity contribution is -0.137. The predicted octanol–water partition coefficient (Wildman–Crippen LogP) is 3.33. The molecule has 2 amide bonds. The van der Waals surface area contributed by atoms with E-state index < -0.39 is 11.7 Å². The molecule has 0 spiro atoms. The van der Waals surface area contributed by atoms with Crippen LogP contribution in [-0.2, 0) is 6.18 Å². The van der Waals surface area contributed by atoms with E-state index in [1.807, 2.05) is 12.1 Å². The van der Waals surface area contributed by atoms with Crippen molar-refractivity contribution in [1.82, 2.24) is 20.1 Å². The van der Waals surface area contributed by atoms with Crippen molar-refractivity contribution in [3.63, 3.8) is 0 Å². The van der Waals surface area contributed by atoms with Crippen LogP contribution in [0.15, 0.2) is 42.7 Å². The summed E-state index contributed by atoms with van der Waals surface area (Å²) in [5.74, 6) is 0.264. The van der Waals surface area contributed by atoms with Crippen molar-refractivity contribution in [2.24, 2.45) is 0 Å². The predicted molar refractivity (Wildman–Crippen MR) is 98.1 cm³/mol. The standard InChI is InChI=1S/C18H17F3N6O/c19-18(20,21)13-3-4-22-16(10-13)26-5-7-27(8-6-26)17(28)24-14-1-2-15-12(9-14)11-23-25-15/h1-4,9-11H,5-8H2,(H,23,25)(H,24,28). The van der Waals surface area contributed by atoms with Crippen LogP contribution in [-0.4, -0.2) is 52.3 Å². The Morgan fingerprint density at radius 1 is 1.11 bits per heavy atom. The van der Waals surface area contributed by atoms with Crippen LogP contribution in [0.5, 0.6) is 0 Å². The minimum atomic E-state index is -4.41. The summed E-state index contributed by atoms with van der Waals surface area (Å²) in [6, 6.07) is 7.16. The van der Waals surface area contributed by atoms with Crippen molar-refractivity contribution in [3.05, 3.63) is 48.3 Å². The van der Waals surface area contributed by atoms with Crippen LogP contribution in [0.2, 0.25) is 0 Å². The van der Waals surface area contributed by atoms with E-state index in [0.717, 1.165) is 29.2 Å². The fourth-order valence-corrected chi connectivity index (χ4v) is 3.13. The largest absolute Gasteiger partial charge is 0.416 e. The van der Waals surface area contributed by atoms with Gasteiger partial charge in [0.25, 0.3) is 0 Å². The van der Waals surface area contributed by atoms with Crippen LogP contribution in [0.4, 0.5) is 29.5 Å². The van der Waals surface area contributed by atoms with Crippen molar-refractivity contribution in [2.75, 3.05) is 36.4 Å². The third-order valence-electron chi connectivity index (χ3n) is 4.66. The van der Waals surface area contributed by atoms with Crippen LogP contribution in [0.1, 0.15) is 5.56 Å². The summed E-state index contributed by atoms with van der Waals surface area (Å²) in [5, 5.41) is 10.5. The van der Waals surface area contributed by atoms with Crippen LogP contribution >= 0.6 is 0 Å². The van der Waals surface area contributed by atoms with Gasteiger partial charge in [-0.15, -0.1) is 0 Å². The smallest absolute Gasteiger partial charge is 0.353 e. The summed E-state index contributed by atoms with van der Waals surface area (Å²) < 4.78 is 38.6. The van der Waals surface area contributed by atoms with Gasteiger partial charge in [-0.25, -0.2) is 9.78 Å². The van der Waals surface area contributed by atoms with Gasteiger partial charge in [0.2, 0.25) is 0 Å². The van der Waals surface area contributed by atoms with Crippen LogP contribution in [0.3, 0.4) is 0 Å². The average molecular weight is 390 g/mol. The summed E-state index contributed by atoms with van der Waals surface area (Å²) in [6.07, 6.45) is -1.58. The molecule has 1 aliphatic rings. The monoisotopic (exact) mass is 390 g/mol. The number of hydrogen-bond acceptors (Lipinski definition) is 4. The molecule has 7 nitrogen and oxygen atoms in total. The number of carbonyl (C=O) groups is 1. The first kappa shape index (κ1) is 18.1.